The van der Waals surface area contributed by atoms with E-state index < -0.39 is 0 Å². The highest BCUT2D eigenvalue weighted by atomic mass is 16.5. The highest BCUT2D eigenvalue weighted by molar-refractivity contribution is 5.98. The number of carbonyl (C=O) groups is 2. The summed E-state index contributed by atoms with van der Waals surface area (Å²) in [5, 5.41) is 0. The average molecular weight is 399 g/mol. The molecule has 30 heavy (non-hydrogen) atoms. The number of carbonyl (C=O) groups excluding carboxylic acids is 2. The van der Waals surface area contributed by atoms with Gasteiger partial charge in [-0.05, 0) is 50.1 Å². The van der Waals surface area contributed by atoms with E-state index in [0.29, 0.717) is 37.2 Å². The number of piperidine rings is 1. The van der Waals surface area contributed by atoms with Crippen LogP contribution in [0.2, 0.25) is 0 Å². The number of Topliss-reactive ketones (excluding diaryl/α,β-unsaturated/α-hetero) is 1. The molecule has 0 atom stereocenters. The van der Waals surface area contributed by atoms with Crippen molar-refractivity contribution in [3.63, 3.8) is 0 Å². The predicted molar refractivity (Wildman–Crippen MR) is 117 cm³/mol. The van der Waals surface area contributed by atoms with Gasteiger partial charge in [-0.15, -0.1) is 0 Å². The van der Waals surface area contributed by atoms with Crippen molar-refractivity contribution in [2.75, 3.05) is 13.1 Å². The second-order valence-corrected chi connectivity index (χ2v) is 7.74. The van der Waals surface area contributed by atoms with Crippen LogP contribution in [0.5, 0.6) is 11.5 Å². The second kappa shape index (κ2) is 8.95. The van der Waals surface area contributed by atoms with Gasteiger partial charge < -0.3 is 9.64 Å². The summed E-state index contributed by atoms with van der Waals surface area (Å²) in [5.74, 6) is 1.51. The molecule has 0 N–H and O–H groups in total. The number of ether oxygens (including phenoxy) is 1. The molecule has 1 amide bonds. The zero-order chi connectivity index (χ0) is 20.9. The van der Waals surface area contributed by atoms with Crippen molar-refractivity contribution in [1.82, 2.24) is 4.90 Å². The Labute approximate surface area is 177 Å². The first-order valence-corrected chi connectivity index (χ1v) is 10.3. The highest BCUT2D eigenvalue weighted by Crippen LogP contribution is 2.25. The van der Waals surface area contributed by atoms with Crippen LogP contribution in [0.3, 0.4) is 0 Å². The summed E-state index contributed by atoms with van der Waals surface area (Å²) in [4.78, 5) is 27.6. The topological polar surface area (TPSA) is 46.6 Å². The fraction of sp³-hybridized carbons (Fsp3) is 0.231. The minimum Gasteiger partial charge on any atom is -0.457 e. The molecule has 0 spiro atoms. The Morgan fingerprint density at radius 1 is 0.800 bits per heavy atom. The van der Waals surface area contributed by atoms with Crippen molar-refractivity contribution in [1.29, 1.82) is 0 Å². The number of amides is 1. The number of rotatable bonds is 5. The molecule has 0 aliphatic carbocycles. The van der Waals surface area contributed by atoms with Crippen LogP contribution < -0.4 is 4.74 Å². The molecule has 1 aliphatic rings. The third kappa shape index (κ3) is 4.60. The first-order chi connectivity index (χ1) is 14.6. The van der Waals surface area contributed by atoms with Crippen molar-refractivity contribution in [2.24, 2.45) is 5.92 Å². The van der Waals surface area contributed by atoms with E-state index in [4.69, 9.17) is 4.74 Å². The molecule has 0 aromatic heterocycles. The molecule has 4 rings (SSSR count). The fourth-order valence-electron chi connectivity index (χ4n) is 3.80. The van der Waals surface area contributed by atoms with Gasteiger partial charge in [0.25, 0.3) is 5.91 Å². The molecular weight excluding hydrogens is 374 g/mol. The maximum Gasteiger partial charge on any atom is 0.253 e. The lowest BCUT2D eigenvalue weighted by molar-refractivity contribution is 0.0650. The normalized spacial score (nSPS) is 14.4. The van der Waals surface area contributed by atoms with Crippen LogP contribution in [0.4, 0.5) is 0 Å². The summed E-state index contributed by atoms with van der Waals surface area (Å²) in [6.45, 7) is 3.19. The van der Waals surface area contributed by atoms with E-state index in [1.165, 1.54) is 0 Å². The second-order valence-electron chi connectivity index (χ2n) is 7.74. The third-order valence-corrected chi connectivity index (χ3v) is 5.55. The Morgan fingerprint density at radius 3 is 2.17 bits per heavy atom. The van der Waals surface area contributed by atoms with Gasteiger partial charge in [0.05, 0.1) is 0 Å². The van der Waals surface area contributed by atoms with Crippen LogP contribution in [-0.4, -0.2) is 29.7 Å². The van der Waals surface area contributed by atoms with Crippen LogP contribution in [0.25, 0.3) is 0 Å². The molecule has 0 saturated carbocycles. The lowest BCUT2D eigenvalue weighted by Crippen LogP contribution is -2.40. The van der Waals surface area contributed by atoms with Crippen molar-refractivity contribution >= 4 is 11.7 Å². The first-order valence-electron chi connectivity index (χ1n) is 10.3. The average Bonchev–Trinajstić information content (AvgIpc) is 2.80. The van der Waals surface area contributed by atoms with Crippen LogP contribution >= 0.6 is 0 Å². The van der Waals surface area contributed by atoms with E-state index in [-0.39, 0.29) is 17.6 Å². The SMILES string of the molecule is Cc1ccc(C(=O)C2CCN(C(=O)c3cccc(Oc4ccccc4)c3)CC2)cc1. The number of ketones is 1. The Bertz CT molecular complexity index is 1020. The largest absolute Gasteiger partial charge is 0.457 e. The lowest BCUT2D eigenvalue weighted by Gasteiger charge is -2.31. The summed E-state index contributed by atoms with van der Waals surface area (Å²) in [6.07, 6.45) is 1.39. The predicted octanol–water partition coefficient (Wildman–Crippen LogP) is 5.52. The summed E-state index contributed by atoms with van der Waals surface area (Å²) >= 11 is 0. The van der Waals surface area contributed by atoms with Gasteiger partial charge in [0.1, 0.15) is 11.5 Å². The van der Waals surface area contributed by atoms with Crippen molar-refractivity contribution in [2.45, 2.75) is 19.8 Å². The van der Waals surface area contributed by atoms with E-state index in [0.717, 1.165) is 16.9 Å². The number of hydrogen-bond donors (Lipinski definition) is 0. The minimum absolute atomic E-state index is 0.0188. The summed E-state index contributed by atoms with van der Waals surface area (Å²) < 4.78 is 5.85. The number of nitrogens with zero attached hydrogens (tertiary/aromatic N) is 1. The standard InChI is InChI=1S/C26H25NO3/c1-19-10-12-20(13-11-19)25(28)21-14-16-27(17-15-21)26(29)22-6-5-9-24(18-22)30-23-7-3-2-4-8-23/h2-13,18,21H,14-17H2,1H3. The summed E-state index contributed by atoms with van der Waals surface area (Å²) in [5.41, 5.74) is 2.51. The monoisotopic (exact) mass is 399 g/mol. The molecule has 1 aliphatic heterocycles. The van der Waals surface area contributed by atoms with E-state index in [9.17, 15) is 9.59 Å². The molecular formula is C26H25NO3. The zero-order valence-electron chi connectivity index (χ0n) is 17.1. The Hall–Kier alpha value is -3.40. The quantitative estimate of drug-likeness (QED) is 0.531. The molecule has 4 nitrogen and oxygen atoms in total. The molecule has 0 unspecified atom stereocenters. The van der Waals surface area contributed by atoms with Gasteiger partial charge in [-0.3, -0.25) is 9.59 Å². The molecule has 1 heterocycles. The van der Waals surface area contributed by atoms with E-state index in [2.05, 4.69) is 0 Å². The van der Waals surface area contributed by atoms with Gasteiger partial charge in [0.15, 0.2) is 5.78 Å². The van der Waals surface area contributed by atoms with Crippen LogP contribution in [-0.2, 0) is 0 Å². The number of hydrogen-bond acceptors (Lipinski definition) is 3. The molecule has 0 radical (unpaired) electrons. The zero-order valence-corrected chi connectivity index (χ0v) is 17.1. The van der Waals surface area contributed by atoms with Crippen LogP contribution in [0, 0.1) is 12.8 Å². The maximum absolute atomic E-state index is 13.0. The number of likely N-dealkylation sites (tertiary alicyclic amines) is 1. The van der Waals surface area contributed by atoms with Gasteiger partial charge in [-0.25, -0.2) is 0 Å². The molecule has 152 valence electrons. The minimum atomic E-state index is -0.0236. The number of para-hydroxylation sites is 1. The van der Waals surface area contributed by atoms with Crippen molar-refractivity contribution in [3.05, 3.63) is 95.6 Å². The Morgan fingerprint density at radius 2 is 1.47 bits per heavy atom. The van der Waals surface area contributed by atoms with Gasteiger partial charge >= 0.3 is 0 Å². The summed E-state index contributed by atoms with van der Waals surface area (Å²) in [6, 6.07) is 24.5. The van der Waals surface area contributed by atoms with Gasteiger partial charge in [-0.1, -0.05) is 54.1 Å². The molecule has 0 bridgehead atoms. The van der Waals surface area contributed by atoms with Crippen LogP contribution in [0.15, 0.2) is 78.9 Å². The number of aryl methyl sites for hydroxylation is 1. The fourth-order valence-corrected chi connectivity index (χ4v) is 3.80. The Kier molecular flexibility index (Phi) is 5.94. The van der Waals surface area contributed by atoms with Gasteiger partial charge in [0, 0.05) is 30.1 Å². The van der Waals surface area contributed by atoms with Gasteiger partial charge in [-0.2, -0.15) is 0 Å². The maximum atomic E-state index is 13.0. The third-order valence-electron chi connectivity index (χ3n) is 5.55. The molecule has 3 aromatic rings. The van der Waals surface area contributed by atoms with Crippen molar-refractivity contribution in [3.8, 4) is 11.5 Å². The van der Waals surface area contributed by atoms with E-state index in [1.807, 2.05) is 84.6 Å². The molecule has 1 fully saturated rings. The lowest BCUT2D eigenvalue weighted by atomic mass is 9.88. The molecule has 1 saturated heterocycles. The first kappa shape index (κ1) is 19.9. The Balaban J connectivity index is 1.38. The van der Waals surface area contributed by atoms with Gasteiger partial charge in [0.2, 0.25) is 0 Å². The van der Waals surface area contributed by atoms with Crippen molar-refractivity contribution < 1.29 is 14.3 Å². The van der Waals surface area contributed by atoms with Crippen LogP contribution in [0.1, 0.15) is 39.1 Å². The van der Waals surface area contributed by atoms with E-state index >= 15 is 0 Å². The highest BCUT2D eigenvalue weighted by Gasteiger charge is 2.28. The molecule has 3 aromatic carbocycles. The summed E-state index contributed by atoms with van der Waals surface area (Å²) in [7, 11) is 0. The number of benzene rings is 3. The smallest absolute Gasteiger partial charge is 0.253 e. The van der Waals surface area contributed by atoms with E-state index in [1.54, 1.807) is 6.07 Å². The molecule has 4 heteroatoms.